The number of pyridine rings is 1. The van der Waals surface area contributed by atoms with Gasteiger partial charge in [-0.15, -0.1) is 0 Å². The van der Waals surface area contributed by atoms with Crippen molar-refractivity contribution in [2.75, 3.05) is 0 Å². The van der Waals surface area contributed by atoms with Gasteiger partial charge in [-0.2, -0.15) is 0 Å². The molecule has 80 valence electrons. The average Bonchev–Trinajstić information content (AvgIpc) is 2.02. The smallest absolute Gasteiger partial charge is 0.418 e. The van der Waals surface area contributed by atoms with E-state index in [1.165, 1.54) is 5.69 Å². The average molecular weight is 209 g/mol. The first-order chi connectivity index (χ1) is 6.34. The molecule has 1 heterocycles. The lowest BCUT2D eigenvalue weighted by Crippen LogP contribution is -2.34. The van der Waals surface area contributed by atoms with Crippen LogP contribution in [-0.4, -0.2) is 7.25 Å². The van der Waals surface area contributed by atoms with Crippen molar-refractivity contribution >= 4 is 7.25 Å². The molecule has 0 aliphatic carbocycles. The number of nitrogens with zero attached hydrogens (tertiary/aromatic N) is 1. The second kappa shape index (κ2) is 5.62. The molecule has 0 atom stereocenters. The minimum atomic E-state index is -6.00. The zero-order valence-corrected chi connectivity index (χ0v) is 8.05. The predicted octanol–water partition coefficient (Wildman–Crippen LogP) is 2.60. The lowest BCUT2D eigenvalue weighted by Gasteiger charge is -1.94. The van der Waals surface area contributed by atoms with E-state index < -0.39 is 7.25 Å². The first-order valence-corrected chi connectivity index (χ1v) is 4.17. The molecule has 0 aliphatic rings. The highest BCUT2D eigenvalue weighted by Gasteiger charge is 2.20. The minimum absolute atomic E-state index is 1.06. The van der Waals surface area contributed by atoms with Gasteiger partial charge in [0.2, 0.25) is 0 Å². The van der Waals surface area contributed by atoms with E-state index in [4.69, 9.17) is 0 Å². The van der Waals surface area contributed by atoms with Crippen LogP contribution in [0, 0.1) is 6.92 Å². The number of aryl methyl sites for hydroxylation is 2. The van der Waals surface area contributed by atoms with E-state index in [0.29, 0.717) is 0 Å². The van der Waals surface area contributed by atoms with Gasteiger partial charge in [-0.3, -0.25) is 0 Å². The molecule has 0 spiro atoms. The van der Waals surface area contributed by atoms with Crippen molar-refractivity contribution in [3.63, 3.8) is 0 Å². The maximum absolute atomic E-state index is 9.75. The van der Waals surface area contributed by atoms with Gasteiger partial charge in [0, 0.05) is 19.1 Å². The molecule has 1 nitrogen and oxygen atoms in total. The summed E-state index contributed by atoms with van der Waals surface area (Å²) in [6.45, 7) is 5.32. The number of halogens is 4. The van der Waals surface area contributed by atoms with E-state index in [0.717, 1.165) is 6.54 Å². The normalized spacial score (nSPS) is 10.4. The molecule has 0 N–H and O–H groups in total. The Labute approximate surface area is 80.5 Å². The van der Waals surface area contributed by atoms with Crippen molar-refractivity contribution in [2.24, 2.45) is 0 Å². The highest BCUT2D eigenvalue weighted by Crippen LogP contribution is 2.06. The fourth-order valence-electron chi connectivity index (χ4n) is 0.917. The van der Waals surface area contributed by atoms with Crippen molar-refractivity contribution < 1.29 is 21.8 Å². The maximum Gasteiger partial charge on any atom is 0.673 e. The summed E-state index contributed by atoms with van der Waals surface area (Å²) in [5.74, 6) is 0. The Hall–Kier alpha value is -1.07. The topological polar surface area (TPSA) is 3.88 Å². The summed E-state index contributed by atoms with van der Waals surface area (Å²) in [6.07, 6.45) is 2.09. The third-order valence-electron chi connectivity index (χ3n) is 1.51. The summed E-state index contributed by atoms with van der Waals surface area (Å²) < 4.78 is 41.2. The number of rotatable bonds is 1. The van der Waals surface area contributed by atoms with E-state index in [2.05, 4.69) is 42.8 Å². The highest BCUT2D eigenvalue weighted by atomic mass is 19.5. The van der Waals surface area contributed by atoms with E-state index >= 15 is 0 Å². The SMILES string of the molecule is CC[n+]1ccccc1C.F[B-](F)(F)F. The molecule has 0 aromatic carbocycles. The second-order valence-electron chi connectivity index (χ2n) is 2.62. The molecule has 14 heavy (non-hydrogen) atoms. The molecule has 0 amide bonds. The Morgan fingerprint density at radius 1 is 1.21 bits per heavy atom. The monoisotopic (exact) mass is 209 g/mol. The summed E-state index contributed by atoms with van der Waals surface area (Å²) in [6, 6.07) is 6.22. The number of hydrogen-bond acceptors (Lipinski definition) is 0. The standard InChI is InChI=1S/C8H12N.BF4/c1-3-9-7-5-4-6-8(9)2;2-1(3,4)5/h4-7H,3H2,1-2H3;/q+1;-1. The molecule has 0 aliphatic heterocycles. The van der Waals surface area contributed by atoms with Gasteiger partial charge in [0.05, 0.1) is 0 Å². The van der Waals surface area contributed by atoms with Crippen LogP contribution >= 0.6 is 0 Å². The largest absolute Gasteiger partial charge is 0.673 e. The van der Waals surface area contributed by atoms with Crippen molar-refractivity contribution in [3.05, 3.63) is 30.1 Å². The number of aromatic nitrogens is 1. The Kier molecular flexibility index (Phi) is 5.19. The number of hydrogen-bond donors (Lipinski definition) is 0. The summed E-state index contributed by atoms with van der Waals surface area (Å²) in [5, 5.41) is 0. The molecule has 1 aromatic heterocycles. The van der Waals surface area contributed by atoms with Crippen LogP contribution in [0.5, 0.6) is 0 Å². The molecule has 1 aromatic rings. The van der Waals surface area contributed by atoms with Gasteiger partial charge in [0.25, 0.3) is 0 Å². The van der Waals surface area contributed by atoms with Crippen molar-refractivity contribution in [1.29, 1.82) is 0 Å². The van der Waals surface area contributed by atoms with E-state index in [1.54, 1.807) is 0 Å². The molecule has 0 radical (unpaired) electrons. The zero-order chi connectivity index (χ0) is 11.2. The van der Waals surface area contributed by atoms with Crippen LogP contribution in [0.1, 0.15) is 12.6 Å². The quantitative estimate of drug-likeness (QED) is 0.380. The highest BCUT2D eigenvalue weighted by molar-refractivity contribution is 6.50. The van der Waals surface area contributed by atoms with Crippen LogP contribution < -0.4 is 4.57 Å². The second-order valence-corrected chi connectivity index (χ2v) is 2.62. The zero-order valence-electron chi connectivity index (χ0n) is 8.05. The van der Waals surface area contributed by atoms with Crippen LogP contribution in [0.2, 0.25) is 0 Å². The van der Waals surface area contributed by atoms with Crippen LogP contribution in [0.15, 0.2) is 24.4 Å². The van der Waals surface area contributed by atoms with E-state index in [1.807, 2.05) is 0 Å². The van der Waals surface area contributed by atoms with Crippen LogP contribution in [0.4, 0.5) is 17.3 Å². The van der Waals surface area contributed by atoms with Gasteiger partial charge < -0.3 is 17.3 Å². The molecule has 0 saturated carbocycles. The maximum atomic E-state index is 9.75. The van der Waals surface area contributed by atoms with Crippen LogP contribution in [0.25, 0.3) is 0 Å². The van der Waals surface area contributed by atoms with Crippen molar-refractivity contribution in [1.82, 2.24) is 0 Å². The summed E-state index contributed by atoms with van der Waals surface area (Å²) in [5.41, 5.74) is 1.32. The Morgan fingerprint density at radius 2 is 1.71 bits per heavy atom. The van der Waals surface area contributed by atoms with Crippen LogP contribution in [-0.2, 0) is 6.54 Å². The van der Waals surface area contributed by atoms with Gasteiger partial charge in [-0.05, 0) is 6.92 Å². The Bertz CT molecular complexity index is 268. The molecule has 0 saturated heterocycles. The molecule has 0 bridgehead atoms. The summed E-state index contributed by atoms with van der Waals surface area (Å²) in [4.78, 5) is 0. The van der Waals surface area contributed by atoms with Gasteiger partial charge in [0.1, 0.15) is 6.54 Å². The molecule has 1 rings (SSSR count). The fraction of sp³-hybridized carbons (Fsp3) is 0.375. The van der Waals surface area contributed by atoms with E-state index in [-0.39, 0.29) is 0 Å². The molecule has 0 fully saturated rings. The predicted molar refractivity (Wildman–Crippen MR) is 47.2 cm³/mol. The summed E-state index contributed by atoms with van der Waals surface area (Å²) in [7, 11) is -6.00. The molecular weight excluding hydrogens is 197 g/mol. The molecule has 6 heteroatoms. The Morgan fingerprint density at radius 3 is 2.00 bits per heavy atom. The van der Waals surface area contributed by atoms with Gasteiger partial charge in [0.15, 0.2) is 11.9 Å². The minimum Gasteiger partial charge on any atom is -0.418 e. The summed E-state index contributed by atoms with van der Waals surface area (Å²) >= 11 is 0. The van der Waals surface area contributed by atoms with Crippen molar-refractivity contribution in [2.45, 2.75) is 20.4 Å². The third-order valence-corrected chi connectivity index (χ3v) is 1.51. The van der Waals surface area contributed by atoms with Gasteiger partial charge in [-0.25, -0.2) is 4.57 Å². The fourth-order valence-corrected chi connectivity index (χ4v) is 0.917. The lowest BCUT2D eigenvalue weighted by molar-refractivity contribution is -0.699. The first kappa shape index (κ1) is 12.9. The van der Waals surface area contributed by atoms with Crippen molar-refractivity contribution in [3.8, 4) is 0 Å². The third kappa shape index (κ3) is 7.58. The van der Waals surface area contributed by atoms with Gasteiger partial charge >= 0.3 is 7.25 Å². The molecular formula is C8H12BF4N. The lowest BCUT2D eigenvalue weighted by atomic mass is 10.3. The molecule has 0 unspecified atom stereocenters. The van der Waals surface area contributed by atoms with Gasteiger partial charge in [-0.1, -0.05) is 6.07 Å². The van der Waals surface area contributed by atoms with Crippen LogP contribution in [0.3, 0.4) is 0 Å². The first-order valence-electron chi connectivity index (χ1n) is 4.17. The van der Waals surface area contributed by atoms with E-state index in [9.17, 15) is 17.3 Å². The Balaban J connectivity index is 0.000000292.